The Bertz CT molecular complexity index is 706. The fraction of sp³-hybridized carbons (Fsp3) is 0.188. The lowest BCUT2D eigenvalue weighted by Gasteiger charge is -2.15. The van der Waals surface area contributed by atoms with E-state index in [0.717, 1.165) is 5.56 Å². The summed E-state index contributed by atoms with van der Waals surface area (Å²) < 4.78 is 0. The summed E-state index contributed by atoms with van der Waals surface area (Å²) in [6, 6.07) is 10.5. The second kappa shape index (κ2) is 7.60. The van der Waals surface area contributed by atoms with Gasteiger partial charge in [0, 0.05) is 12.7 Å². The number of hydrogen-bond acceptors (Lipinski definition) is 4. The van der Waals surface area contributed by atoms with E-state index in [4.69, 9.17) is 17.3 Å². The number of nitrogens with two attached hydrogens (primary N) is 1. The van der Waals surface area contributed by atoms with Crippen LogP contribution >= 0.6 is 11.6 Å². The van der Waals surface area contributed by atoms with Gasteiger partial charge in [0.25, 0.3) is 0 Å². The van der Waals surface area contributed by atoms with E-state index in [1.165, 1.54) is 12.3 Å². The molecule has 1 atom stereocenters. The summed E-state index contributed by atoms with van der Waals surface area (Å²) in [5.74, 6) is -0.482. The zero-order valence-electron chi connectivity index (χ0n) is 12.5. The molecular weight excluding hydrogens is 316 g/mol. The lowest BCUT2D eigenvalue weighted by atomic mass is 10.2. The second-order valence-corrected chi connectivity index (χ2v) is 5.40. The van der Waals surface area contributed by atoms with Crippen molar-refractivity contribution in [1.82, 2.24) is 10.3 Å². The van der Waals surface area contributed by atoms with Crippen molar-refractivity contribution in [2.24, 2.45) is 5.73 Å². The van der Waals surface area contributed by atoms with E-state index in [9.17, 15) is 9.59 Å². The molecule has 120 valence electrons. The maximum Gasteiger partial charge on any atom is 0.250 e. The molecule has 2 amide bonds. The molecule has 4 N–H and O–H groups in total. The maximum atomic E-state index is 12.1. The molecule has 1 heterocycles. The molecule has 0 saturated heterocycles. The topological polar surface area (TPSA) is 97.1 Å². The van der Waals surface area contributed by atoms with Crippen LogP contribution in [0.2, 0.25) is 5.02 Å². The Morgan fingerprint density at radius 2 is 2.00 bits per heavy atom. The molecule has 0 radical (unpaired) electrons. The van der Waals surface area contributed by atoms with Gasteiger partial charge in [0.2, 0.25) is 11.8 Å². The van der Waals surface area contributed by atoms with E-state index in [1.54, 1.807) is 6.92 Å². The fourth-order valence-corrected chi connectivity index (χ4v) is 2.11. The quantitative estimate of drug-likeness (QED) is 0.753. The van der Waals surface area contributed by atoms with Crippen molar-refractivity contribution in [3.63, 3.8) is 0 Å². The number of amides is 2. The molecule has 0 spiro atoms. The van der Waals surface area contributed by atoms with Crippen LogP contribution in [0, 0.1) is 0 Å². The Labute approximate surface area is 139 Å². The first kappa shape index (κ1) is 16.8. The number of benzene rings is 1. The Hall–Kier alpha value is -2.60. The highest BCUT2D eigenvalue weighted by molar-refractivity contribution is 6.33. The standard InChI is InChI=1S/C16H17ClN4O2/c1-10(16(23)20-8-11-5-3-2-4-6-11)21-15-13(17)7-12(9-19-15)14(18)22/h2-7,9-10H,8H2,1H3,(H2,18,22)(H,19,21)(H,20,23). The molecule has 0 fully saturated rings. The molecule has 2 rings (SSSR count). The normalized spacial score (nSPS) is 11.6. The molecule has 6 nitrogen and oxygen atoms in total. The average molecular weight is 333 g/mol. The predicted octanol–water partition coefficient (Wildman–Crippen LogP) is 1.95. The van der Waals surface area contributed by atoms with E-state index in [2.05, 4.69) is 15.6 Å². The molecule has 1 aromatic heterocycles. The lowest BCUT2D eigenvalue weighted by Crippen LogP contribution is -2.37. The molecule has 0 aliphatic heterocycles. The van der Waals surface area contributed by atoms with Crippen LogP contribution in [0.3, 0.4) is 0 Å². The van der Waals surface area contributed by atoms with Crippen molar-refractivity contribution in [2.75, 3.05) is 5.32 Å². The molecule has 0 aliphatic carbocycles. The van der Waals surface area contributed by atoms with Gasteiger partial charge in [0.15, 0.2) is 0 Å². The molecular formula is C16H17ClN4O2. The minimum Gasteiger partial charge on any atom is -0.366 e. The van der Waals surface area contributed by atoms with Gasteiger partial charge < -0.3 is 16.4 Å². The van der Waals surface area contributed by atoms with Gasteiger partial charge in [0.1, 0.15) is 11.9 Å². The summed E-state index contributed by atoms with van der Waals surface area (Å²) in [7, 11) is 0. The van der Waals surface area contributed by atoms with Crippen LogP contribution in [0.5, 0.6) is 0 Å². The highest BCUT2D eigenvalue weighted by atomic mass is 35.5. The van der Waals surface area contributed by atoms with Gasteiger partial charge in [-0.15, -0.1) is 0 Å². The number of primary amides is 1. The van der Waals surface area contributed by atoms with E-state index < -0.39 is 11.9 Å². The Morgan fingerprint density at radius 3 is 2.61 bits per heavy atom. The fourth-order valence-electron chi connectivity index (χ4n) is 1.89. The summed E-state index contributed by atoms with van der Waals surface area (Å²) in [4.78, 5) is 27.2. The Balaban J connectivity index is 1.94. The summed E-state index contributed by atoms with van der Waals surface area (Å²) in [6.45, 7) is 2.13. The van der Waals surface area contributed by atoms with Gasteiger partial charge in [-0.25, -0.2) is 4.98 Å². The molecule has 1 aromatic carbocycles. The zero-order valence-corrected chi connectivity index (χ0v) is 13.3. The van der Waals surface area contributed by atoms with Gasteiger partial charge in [-0.1, -0.05) is 41.9 Å². The predicted molar refractivity (Wildman–Crippen MR) is 89.1 cm³/mol. The van der Waals surface area contributed by atoms with Gasteiger partial charge in [-0.3, -0.25) is 9.59 Å². The number of carbonyl (C=O) groups excluding carboxylic acids is 2. The van der Waals surface area contributed by atoms with E-state index in [1.807, 2.05) is 30.3 Å². The van der Waals surface area contributed by atoms with Crippen molar-refractivity contribution in [2.45, 2.75) is 19.5 Å². The minimum atomic E-state index is -0.611. The van der Waals surface area contributed by atoms with Gasteiger partial charge >= 0.3 is 0 Å². The first-order valence-corrected chi connectivity index (χ1v) is 7.38. The van der Waals surface area contributed by atoms with Crippen molar-refractivity contribution >= 4 is 29.2 Å². The average Bonchev–Trinajstić information content (AvgIpc) is 2.55. The van der Waals surface area contributed by atoms with Crippen LogP contribution in [-0.4, -0.2) is 22.8 Å². The molecule has 0 saturated carbocycles. The number of carbonyl (C=O) groups is 2. The number of halogens is 1. The van der Waals surface area contributed by atoms with Crippen LogP contribution in [0.25, 0.3) is 0 Å². The monoisotopic (exact) mass is 332 g/mol. The first-order chi connectivity index (χ1) is 11.0. The number of nitrogens with one attached hydrogen (secondary N) is 2. The summed E-state index contributed by atoms with van der Waals surface area (Å²) in [6.07, 6.45) is 1.31. The van der Waals surface area contributed by atoms with E-state index in [0.29, 0.717) is 12.4 Å². The van der Waals surface area contributed by atoms with Crippen LogP contribution in [0.15, 0.2) is 42.6 Å². The van der Waals surface area contributed by atoms with Crippen molar-refractivity contribution in [1.29, 1.82) is 0 Å². The van der Waals surface area contributed by atoms with Crippen LogP contribution in [0.4, 0.5) is 5.82 Å². The van der Waals surface area contributed by atoms with Crippen molar-refractivity contribution in [3.05, 3.63) is 58.7 Å². The van der Waals surface area contributed by atoms with Crippen molar-refractivity contribution < 1.29 is 9.59 Å². The second-order valence-electron chi connectivity index (χ2n) is 4.99. The number of aromatic nitrogens is 1. The highest BCUT2D eigenvalue weighted by Crippen LogP contribution is 2.20. The molecule has 0 aliphatic rings. The largest absolute Gasteiger partial charge is 0.366 e. The minimum absolute atomic E-state index is 0.189. The number of pyridine rings is 1. The number of anilines is 1. The SMILES string of the molecule is CC(Nc1ncc(C(N)=O)cc1Cl)C(=O)NCc1ccccc1. The molecule has 1 unspecified atom stereocenters. The summed E-state index contributed by atoms with van der Waals surface area (Å²) >= 11 is 6.03. The molecule has 23 heavy (non-hydrogen) atoms. The lowest BCUT2D eigenvalue weighted by molar-refractivity contribution is -0.121. The van der Waals surface area contributed by atoms with Crippen LogP contribution < -0.4 is 16.4 Å². The smallest absolute Gasteiger partial charge is 0.250 e. The Kier molecular flexibility index (Phi) is 5.54. The number of rotatable bonds is 6. The van der Waals surface area contributed by atoms with Gasteiger partial charge in [-0.05, 0) is 18.6 Å². The number of nitrogens with zero attached hydrogens (tertiary/aromatic N) is 1. The van der Waals surface area contributed by atoms with Crippen molar-refractivity contribution in [3.8, 4) is 0 Å². The molecule has 7 heteroatoms. The molecule has 2 aromatic rings. The summed E-state index contributed by atoms with van der Waals surface area (Å²) in [5, 5.41) is 5.95. The van der Waals surface area contributed by atoms with E-state index in [-0.39, 0.29) is 16.5 Å². The third-order valence-electron chi connectivity index (χ3n) is 3.18. The maximum absolute atomic E-state index is 12.1. The third-order valence-corrected chi connectivity index (χ3v) is 3.47. The van der Waals surface area contributed by atoms with Crippen LogP contribution in [0.1, 0.15) is 22.8 Å². The molecule has 0 bridgehead atoms. The highest BCUT2D eigenvalue weighted by Gasteiger charge is 2.15. The third kappa shape index (κ3) is 4.69. The number of hydrogen-bond donors (Lipinski definition) is 3. The van der Waals surface area contributed by atoms with E-state index >= 15 is 0 Å². The summed E-state index contributed by atoms with van der Waals surface area (Å²) in [5.41, 5.74) is 6.37. The van der Waals surface area contributed by atoms with Crippen LogP contribution in [-0.2, 0) is 11.3 Å². The zero-order chi connectivity index (χ0) is 16.8. The van der Waals surface area contributed by atoms with Gasteiger partial charge in [0.05, 0.1) is 10.6 Å². The first-order valence-electron chi connectivity index (χ1n) is 7.01. The Morgan fingerprint density at radius 1 is 1.30 bits per heavy atom. The van der Waals surface area contributed by atoms with Gasteiger partial charge in [-0.2, -0.15) is 0 Å².